The number of hydrogen-bond donors (Lipinski definition) is 1. The summed E-state index contributed by atoms with van der Waals surface area (Å²) in [7, 11) is 4.48. The summed E-state index contributed by atoms with van der Waals surface area (Å²) in [5.74, 6) is 0.283. The summed E-state index contributed by atoms with van der Waals surface area (Å²) >= 11 is 0. The molecule has 0 fully saturated rings. The van der Waals surface area contributed by atoms with Crippen molar-refractivity contribution in [1.29, 1.82) is 0 Å². The van der Waals surface area contributed by atoms with Gasteiger partial charge < -0.3 is 19.5 Å². The highest BCUT2D eigenvalue weighted by Gasteiger charge is 2.40. The predicted octanol–water partition coefficient (Wildman–Crippen LogP) is 2.84. The van der Waals surface area contributed by atoms with Crippen molar-refractivity contribution in [1.82, 2.24) is 5.32 Å². The Labute approximate surface area is 152 Å². The van der Waals surface area contributed by atoms with Crippen molar-refractivity contribution >= 4 is 11.8 Å². The summed E-state index contributed by atoms with van der Waals surface area (Å²) in [4.78, 5) is 25.3. The maximum atomic E-state index is 12.8. The molecule has 138 valence electrons. The third-order valence-electron chi connectivity index (χ3n) is 4.93. The van der Waals surface area contributed by atoms with Crippen LogP contribution in [0.5, 0.6) is 11.5 Å². The average molecular weight is 357 g/mol. The lowest BCUT2D eigenvalue weighted by atomic mass is 9.75. The summed E-state index contributed by atoms with van der Waals surface area (Å²) in [6, 6.07) is 5.41. The average Bonchev–Trinajstić information content (AvgIpc) is 2.66. The second-order valence-electron chi connectivity index (χ2n) is 6.37. The third kappa shape index (κ3) is 2.96. The molecule has 0 bridgehead atoms. The Balaban J connectivity index is 2.24. The molecule has 0 saturated heterocycles. The van der Waals surface area contributed by atoms with Crippen LogP contribution in [0.3, 0.4) is 0 Å². The molecule has 1 aliphatic heterocycles. The van der Waals surface area contributed by atoms with E-state index in [0.717, 1.165) is 24.1 Å². The summed E-state index contributed by atoms with van der Waals surface area (Å²) in [6.45, 7) is 1.83. The van der Waals surface area contributed by atoms with Gasteiger partial charge in [0.2, 0.25) is 0 Å². The zero-order valence-corrected chi connectivity index (χ0v) is 15.5. The molecular weight excluding hydrogens is 334 g/mol. The number of ether oxygens (including phenoxy) is 3. The first-order valence-corrected chi connectivity index (χ1v) is 8.56. The molecule has 0 spiro atoms. The molecule has 0 saturated carbocycles. The Morgan fingerprint density at radius 3 is 2.58 bits per heavy atom. The molecule has 0 aromatic heterocycles. The Morgan fingerprint density at radius 2 is 1.92 bits per heavy atom. The van der Waals surface area contributed by atoms with Gasteiger partial charge in [0.25, 0.3) is 0 Å². The molecule has 6 heteroatoms. The van der Waals surface area contributed by atoms with Gasteiger partial charge >= 0.3 is 5.97 Å². The second kappa shape index (κ2) is 7.23. The van der Waals surface area contributed by atoms with E-state index in [2.05, 4.69) is 5.32 Å². The topological polar surface area (TPSA) is 73.9 Å². The number of hydrogen-bond acceptors (Lipinski definition) is 6. The van der Waals surface area contributed by atoms with Crippen LogP contribution in [0.1, 0.15) is 37.7 Å². The fraction of sp³-hybridized carbons (Fsp3) is 0.400. The fourth-order valence-electron chi connectivity index (χ4n) is 3.73. The van der Waals surface area contributed by atoms with Crippen molar-refractivity contribution in [3.63, 3.8) is 0 Å². The zero-order valence-electron chi connectivity index (χ0n) is 15.5. The van der Waals surface area contributed by atoms with Gasteiger partial charge in [-0.3, -0.25) is 4.79 Å². The molecule has 1 atom stereocenters. The van der Waals surface area contributed by atoms with Crippen LogP contribution in [0, 0.1) is 0 Å². The molecule has 0 amide bonds. The molecule has 1 aromatic rings. The Kier molecular flexibility index (Phi) is 5.02. The Hall–Kier alpha value is -2.76. The van der Waals surface area contributed by atoms with Gasteiger partial charge in [-0.15, -0.1) is 0 Å². The van der Waals surface area contributed by atoms with E-state index in [1.807, 2.05) is 13.0 Å². The fourth-order valence-corrected chi connectivity index (χ4v) is 3.73. The summed E-state index contributed by atoms with van der Waals surface area (Å²) in [5.41, 5.74) is 3.40. The van der Waals surface area contributed by atoms with E-state index in [1.54, 1.807) is 26.4 Å². The van der Waals surface area contributed by atoms with Gasteiger partial charge in [-0.1, -0.05) is 6.07 Å². The predicted molar refractivity (Wildman–Crippen MR) is 96.0 cm³/mol. The van der Waals surface area contributed by atoms with Crippen molar-refractivity contribution in [3.05, 3.63) is 46.3 Å². The van der Waals surface area contributed by atoms with Crippen molar-refractivity contribution in [3.8, 4) is 11.5 Å². The van der Waals surface area contributed by atoms with Crippen LogP contribution in [0.15, 0.2) is 40.7 Å². The highest BCUT2D eigenvalue weighted by Crippen LogP contribution is 2.45. The van der Waals surface area contributed by atoms with Crippen LogP contribution in [-0.4, -0.2) is 33.1 Å². The number of nitrogens with one attached hydrogen (secondary N) is 1. The molecule has 1 N–H and O–H groups in total. The normalized spacial score (nSPS) is 19.7. The van der Waals surface area contributed by atoms with Gasteiger partial charge in [-0.2, -0.15) is 0 Å². The van der Waals surface area contributed by atoms with Crippen LogP contribution in [-0.2, 0) is 14.3 Å². The molecule has 0 unspecified atom stereocenters. The number of carbonyl (C=O) groups is 2. The third-order valence-corrected chi connectivity index (χ3v) is 4.93. The number of dihydropyridines is 1. The van der Waals surface area contributed by atoms with Gasteiger partial charge in [-0.25, -0.2) is 4.79 Å². The van der Waals surface area contributed by atoms with Gasteiger partial charge in [0.15, 0.2) is 5.78 Å². The highest BCUT2D eigenvalue weighted by molar-refractivity contribution is 6.04. The van der Waals surface area contributed by atoms with Crippen LogP contribution < -0.4 is 14.8 Å². The maximum absolute atomic E-state index is 12.8. The Bertz CT molecular complexity index is 821. The van der Waals surface area contributed by atoms with Gasteiger partial charge in [0.05, 0.1) is 32.8 Å². The van der Waals surface area contributed by atoms with E-state index in [0.29, 0.717) is 34.8 Å². The van der Waals surface area contributed by atoms with Crippen LogP contribution >= 0.6 is 0 Å². The van der Waals surface area contributed by atoms with E-state index in [1.165, 1.54) is 7.11 Å². The van der Waals surface area contributed by atoms with E-state index in [9.17, 15) is 9.59 Å². The first kappa shape index (κ1) is 18.0. The first-order chi connectivity index (χ1) is 12.5. The lowest BCUT2D eigenvalue weighted by Gasteiger charge is -2.34. The van der Waals surface area contributed by atoms with Gasteiger partial charge in [-0.05, 0) is 25.8 Å². The molecule has 2 aliphatic rings. The van der Waals surface area contributed by atoms with E-state index < -0.39 is 11.9 Å². The van der Waals surface area contributed by atoms with E-state index >= 15 is 0 Å². The standard InChI is InChI=1S/C20H23NO5/c1-11-17(20(23)26-4)18(19-14(21-11)6-5-7-15(19)22)13-9-8-12(24-2)10-16(13)25-3/h8-10,18,21H,5-7H2,1-4H3/t18-/m0/s1. The molecule has 6 nitrogen and oxygen atoms in total. The highest BCUT2D eigenvalue weighted by atomic mass is 16.5. The quantitative estimate of drug-likeness (QED) is 0.836. The van der Waals surface area contributed by atoms with Crippen molar-refractivity contribution in [2.45, 2.75) is 32.1 Å². The lowest BCUT2D eigenvalue weighted by Crippen LogP contribution is -2.34. The Morgan fingerprint density at radius 1 is 1.15 bits per heavy atom. The molecule has 1 aliphatic carbocycles. The molecule has 26 heavy (non-hydrogen) atoms. The first-order valence-electron chi connectivity index (χ1n) is 8.56. The van der Waals surface area contributed by atoms with Crippen LogP contribution in [0.4, 0.5) is 0 Å². The van der Waals surface area contributed by atoms with Crippen LogP contribution in [0.25, 0.3) is 0 Å². The zero-order chi connectivity index (χ0) is 18.8. The molecular formula is C20H23NO5. The number of Topliss-reactive ketones (excluding diaryl/α,β-unsaturated/α-hetero) is 1. The van der Waals surface area contributed by atoms with Gasteiger partial charge in [0.1, 0.15) is 11.5 Å². The molecule has 3 rings (SSSR count). The lowest BCUT2D eigenvalue weighted by molar-refractivity contribution is -0.136. The van der Waals surface area contributed by atoms with Crippen molar-refractivity contribution in [2.24, 2.45) is 0 Å². The largest absolute Gasteiger partial charge is 0.497 e. The number of rotatable bonds is 4. The van der Waals surface area contributed by atoms with Crippen molar-refractivity contribution in [2.75, 3.05) is 21.3 Å². The summed E-state index contributed by atoms with van der Waals surface area (Å²) in [5, 5.41) is 3.25. The van der Waals surface area contributed by atoms with E-state index in [4.69, 9.17) is 14.2 Å². The monoisotopic (exact) mass is 357 g/mol. The number of esters is 1. The number of carbonyl (C=O) groups excluding carboxylic acids is 2. The SMILES string of the molecule is COC(=O)C1=C(C)NC2=C(C(=O)CCC2)[C@H]1c1ccc(OC)cc1OC. The number of ketones is 1. The summed E-state index contributed by atoms with van der Waals surface area (Å²) < 4.78 is 15.8. The number of benzene rings is 1. The van der Waals surface area contributed by atoms with Crippen molar-refractivity contribution < 1.29 is 23.8 Å². The molecule has 0 radical (unpaired) electrons. The minimum absolute atomic E-state index is 0.0514. The number of methoxy groups -OCH3 is 3. The molecule has 1 heterocycles. The minimum atomic E-state index is -0.521. The summed E-state index contributed by atoms with van der Waals surface area (Å²) in [6.07, 6.45) is 2.06. The molecule has 1 aromatic carbocycles. The van der Waals surface area contributed by atoms with Crippen LogP contribution in [0.2, 0.25) is 0 Å². The maximum Gasteiger partial charge on any atom is 0.336 e. The smallest absolute Gasteiger partial charge is 0.336 e. The second-order valence-corrected chi connectivity index (χ2v) is 6.37. The van der Waals surface area contributed by atoms with Gasteiger partial charge in [0, 0.05) is 35.0 Å². The number of allylic oxidation sites excluding steroid dienone is 3. The van der Waals surface area contributed by atoms with E-state index in [-0.39, 0.29) is 5.78 Å². The minimum Gasteiger partial charge on any atom is -0.497 e.